The summed E-state index contributed by atoms with van der Waals surface area (Å²) in [6, 6.07) is 7.47. The van der Waals surface area contributed by atoms with E-state index < -0.39 is 5.92 Å². The number of aldehydes is 1. The number of carbonyl (C=O) groups excluding carboxylic acids is 2. The van der Waals surface area contributed by atoms with E-state index in [9.17, 15) is 9.59 Å². The first-order valence-electron chi connectivity index (χ1n) is 5.40. The van der Waals surface area contributed by atoms with E-state index in [2.05, 4.69) is 0 Å². The number of hydrogen-bond donors (Lipinski definition) is 0. The minimum absolute atomic E-state index is 0.0230. The molecule has 0 amide bonds. The molecular weight excluding hydrogens is 220 g/mol. The zero-order valence-electron chi connectivity index (χ0n) is 9.18. The molecule has 1 fully saturated rings. The average Bonchev–Trinajstić information content (AvgIpc) is 3.14. The number of thioether (sulfide) groups is 1. The Morgan fingerprint density at radius 2 is 2.00 bits per heavy atom. The molecule has 0 heterocycles. The molecule has 1 aliphatic rings. The van der Waals surface area contributed by atoms with Crippen molar-refractivity contribution in [3.05, 3.63) is 29.8 Å². The molecule has 16 heavy (non-hydrogen) atoms. The summed E-state index contributed by atoms with van der Waals surface area (Å²) in [5.74, 6) is -0.143. The Morgan fingerprint density at radius 1 is 1.38 bits per heavy atom. The lowest BCUT2D eigenvalue weighted by Crippen LogP contribution is -2.18. The topological polar surface area (TPSA) is 34.1 Å². The van der Waals surface area contributed by atoms with E-state index >= 15 is 0 Å². The third kappa shape index (κ3) is 2.35. The monoisotopic (exact) mass is 234 g/mol. The highest BCUT2D eigenvalue weighted by Gasteiger charge is 2.36. The number of carbonyl (C=O) groups is 2. The predicted molar refractivity (Wildman–Crippen MR) is 64.8 cm³/mol. The molecule has 1 aromatic carbocycles. The van der Waals surface area contributed by atoms with E-state index in [0.717, 1.165) is 24.0 Å². The van der Waals surface area contributed by atoms with Gasteiger partial charge in [0.05, 0.1) is 5.92 Å². The minimum Gasteiger partial charge on any atom is -0.303 e. The van der Waals surface area contributed by atoms with E-state index in [0.29, 0.717) is 11.5 Å². The smallest absolute Gasteiger partial charge is 0.173 e. The quantitative estimate of drug-likeness (QED) is 0.340. The summed E-state index contributed by atoms with van der Waals surface area (Å²) < 4.78 is 0. The van der Waals surface area contributed by atoms with Gasteiger partial charge in [-0.15, -0.1) is 11.8 Å². The standard InChI is InChI=1S/C13H14O2S/c1-16-11-6-4-10(5-7-11)13(15)12(8-14)9-2-3-9/h4-9,12H,2-3H2,1H3. The van der Waals surface area contributed by atoms with Crippen molar-refractivity contribution < 1.29 is 9.59 Å². The first-order valence-corrected chi connectivity index (χ1v) is 6.62. The molecule has 1 saturated carbocycles. The molecule has 3 heteroatoms. The maximum atomic E-state index is 12.0. The fourth-order valence-electron chi connectivity index (χ4n) is 1.79. The van der Waals surface area contributed by atoms with E-state index in [-0.39, 0.29) is 5.78 Å². The molecule has 0 bridgehead atoms. The van der Waals surface area contributed by atoms with Crippen LogP contribution in [0, 0.1) is 11.8 Å². The second kappa shape index (κ2) is 4.83. The number of benzene rings is 1. The van der Waals surface area contributed by atoms with Gasteiger partial charge in [0.1, 0.15) is 6.29 Å². The molecule has 1 aromatic rings. The zero-order valence-corrected chi connectivity index (χ0v) is 10.00. The largest absolute Gasteiger partial charge is 0.303 e. The highest BCUT2D eigenvalue weighted by Crippen LogP contribution is 2.37. The zero-order chi connectivity index (χ0) is 11.5. The van der Waals surface area contributed by atoms with Crippen molar-refractivity contribution in [3.63, 3.8) is 0 Å². The lowest BCUT2D eigenvalue weighted by molar-refractivity contribution is -0.110. The highest BCUT2D eigenvalue weighted by molar-refractivity contribution is 7.98. The van der Waals surface area contributed by atoms with Crippen LogP contribution in [0.5, 0.6) is 0 Å². The van der Waals surface area contributed by atoms with Crippen LogP contribution in [-0.2, 0) is 4.79 Å². The molecule has 0 saturated heterocycles. The highest BCUT2D eigenvalue weighted by atomic mass is 32.2. The second-order valence-electron chi connectivity index (χ2n) is 4.09. The fourth-order valence-corrected chi connectivity index (χ4v) is 2.20. The van der Waals surface area contributed by atoms with E-state index in [1.54, 1.807) is 11.8 Å². The molecule has 1 unspecified atom stereocenters. The Labute approximate surface area is 99.4 Å². The Hall–Kier alpha value is -1.09. The van der Waals surface area contributed by atoms with Gasteiger partial charge in [0.15, 0.2) is 5.78 Å². The van der Waals surface area contributed by atoms with Gasteiger partial charge in [-0.05, 0) is 37.1 Å². The summed E-state index contributed by atoms with van der Waals surface area (Å²) in [6.07, 6.45) is 4.83. The van der Waals surface area contributed by atoms with Crippen molar-refractivity contribution in [2.75, 3.05) is 6.26 Å². The number of Topliss-reactive ketones (excluding diaryl/α,β-unsaturated/α-hetero) is 1. The van der Waals surface area contributed by atoms with Gasteiger partial charge in [-0.25, -0.2) is 0 Å². The molecule has 0 spiro atoms. The molecule has 0 aromatic heterocycles. The summed E-state index contributed by atoms with van der Waals surface area (Å²) in [4.78, 5) is 24.0. The maximum Gasteiger partial charge on any atom is 0.173 e. The second-order valence-corrected chi connectivity index (χ2v) is 4.97. The van der Waals surface area contributed by atoms with Crippen molar-refractivity contribution >= 4 is 23.8 Å². The van der Waals surface area contributed by atoms with Crippen LogP contribution in [0.1, 0.15) is 23.2 Å². The van der Waals surface area contributed by atoms with Crippen molar-refractivity contribution in [2.45, 2.75) is 17.7 Å². The van der Waals surface area contributed by atoms with Crippen molar-refractivity contribution in [3.8, 4) is 0 Å². The molecule has 2 rings (SSSR count). The van der Waals surface area contributed by atoms with Gasteiger partial charge in [0, 0.05) is 10.5 Å². The predicted octanol–water partition coefficient (Wildman–Crippen LogP) is 2.82. The molecule has 1 atom stereocenters. The summed E-state index contributed by atoms with van der Waals surface area (Å²) in [7, 11) is 0. The van der Waals surface area contributed by atoms with Crippen molar-refractivity contribution in [2.24, 2.45) is 11.8 Å². The minimum atomic E-state index is -0.417. The van der Waals surface area contributed by atoms with Gasteiger partial charge < -0.3 is 4.79 Å². The summed E-state index contributed by atoms with van der Waals surface area (Å²) in [5.41, 5.74) is 0.654. The molecule has 1 aliphatic carbocycles. The Balaban J connectivity index is 2.15. The number of rotatable bonds is 5. The van der Waals surface area contributed by atoms with E-state index in [1.807, 2.05) is 30.5 Å². The Morgan fingerprint density at radius 3 is 2.44 bits per heavy atom. The van der Waals surface area contributed by atoms with Crippen LogP contribution in [0.4, 0.5) is 0 Å². The van der Waals surface area contributed by atoms with Crippen LogP contribution in [0.3, 0.4) is 0 Å². The van der Waals surface area contributed by atoms with Crippen LogP contribution >= 0.6 is 11.8 Å². The maximum absolute atomic E-state index is 12.0. The first-order chi connectivity index (χ1) is 7.76. The fraction of sp³-hybridized carbons (Fsp3) is 0.385. The third-order valence-corrected chi connectivity index (χ3v) is 3.70. The van der Waals surface area contributed by atoms with Gasteiger partial charge in [-0.1, -0.05) is 12.1 Å². The molecule has 84 valence electrons. The van der Waals surface area contributed by atoms with Gasteiger partial charge in [0.2, 0.25) is 0 Å². The van der Waals surface area contributed by atoms with Crippen molar-refractivity contribution in [1.29, 1.82) is 0 Å². The lowest BCUT2D eigenvalue weighted by atomic mass is 9.95. The first kappa shape index (κ1) is 11.4. The molecule has 0 aliphatic heterocycles. The third-order valence-electron chi connectivity index (χ3n) is 2.95. The molecule has 2 nitrogen and oxygen atoms in total. The van der Waals surface area contributed by atoms with Gasteiger partial charge in [-0.2, -0.15) is 0 Å². The number of ketones is 1. The average molecular weight is 234 g/mol. The van der Waals surface area contributed by atoms with Crippen LogP contribution < -0.4 is 0 Å². The van der Waals surface area contributed by atoms with Gasteiger partial charge in [-0.3, -0.25) is 4.79 Å². The Kier molecular flexibility index (Phi) is 3.44. The van der Waals surface area contributed by atoms with Gasteiger partial charge in [0.25, 0.3) is 0 Å². The van der Waals surface area contributed by atoms with Gasteiger partial charge >= 0.3 is 0 Å². The van der Waals surface area contributed by atoms with E-state index in [1.165, 1.54) is 0 Å². The van der Waals surface area contributed by atoms with Crippen LogP contribution in [0.15, 0.2) is 29.2 Å². The van der Waals surface area contributed by atoms with E-state index in [4.69, 9.17) is 0 Å². The van der Waals surface area contributed by atoms with Crippen LogP contribution in [-0.4, -0.2) is 18.3 Å². The van der Waals surface area contributed by atoms with Crippen LogP contribution in [0.25, 0.3) is 0 Å². The summed E-state index contributed by atoms with van der Waals surface area (Å²) in [6.45, 7) is 0. The summed E-state index contributed by atoms with van der Waals surface area (Å²) in [5, 5.41) is 0. The molecular formula is C13H14O2S. The number of hydrogen-bond acceptors (Lipinski definition) is 3. The molecule has 0 radical (unpaired) electrons. The summed E-state index contributed by atoms with van der Waals surface area (Å²) >= 11 is 1.64. The molecule has 0 N–H and O–H groups in total. The lowest BCUT2D eigenvalue weighted by Gasteiger charge is -2.07. The normalized spacial score (nSPS) is 16.8. The van der Waals surface area contributed by atoms with Crippen molar-refractivity contribution in [1.82, 2.24) is 0 Å². The Bertz CT molecular complexity index is 393. The van der Waals surface area contributed by atoms with Crippen LogP contribution in [0.2, 0.25) is 0 Å². The SMILES string of the molecule is CSc1ccc(C(=O)C(C=O)C2CC2)cc1.